The van der Waals surface area contributed by atoms with Crippen LogP contribution in [0.3, 0.4) is 0 Å². The highest BCUT2D eigenvalue weighted by atomic mass is 35.5. The number of ketones is 1. The highest BCUT2D eigenvalue weighted by Crippen LogP contribution is 2.47. The van der Waals surface area contributed by atoms with Crippen molar-refractivity contribution < 1.29 is 14.5 Å². The number of carbonyl (C=O) groups is 1. The van der Waals surface area contributed by atoms with Crippen molar-refractivity contribution in [3.8, 4) is 11.8 Å². The molecule has 1 aliphatic carbocycles. The Balaban J connectivity index is 1.63. The Labute approximate surface area is 243 Å². The Morgan fingerprint density at radius 3 is 2.59 bits per heavy atom. The van der Waals surface area contributed by atoms with Gasteiger partial charge in [-0.1, -0.05) is 29.8 Å². The molecule has 0 spiro atoms. The predicted octanol–water partition coefficient (Wildman–Crippen LogP) is 7.06. The second-order valence-electron chi connectivity index (χ2n) is 10.4. The van der Waals surface area contributed by atoms with Crippen molar-refractivity contribution in [1.29, 1.82) is 5.26 Å². The topological polar surface area (TPSA) is 122 Å². The van der Waals surface area contributed by atoms with Crippen molar-refractivity contribution in [1.82, 2.24) is 0 Å². The average Bonchev–Trinajstić information content (AvgIpc) is 2.93. The molecular formula is C32H29ClN4O4. The summed E-state index contributed by atoms with van der Waals surface area (Å²) in [6.07, 6.45) is 1.53. The van der Waals surface area contributed by atoms with Gasteiger partial charge in [-0.25, -0.2) is 0 Å². The van der Waals surface area contributed by atoms with Gasteiger partial charge in [0.2, 0.25) is 0 Å². The van der Waals surface area contributed by atoms with E-state index < -0.39 is 10.8 Å². The molecule has 1 aliphatic heterocycles. The van der Waals surface area contributed by atoms with Gasteiger partial charge in [0.1, 0.15) is 18.2 Å². The number of nitriles is 1. The molecule has 2 aliphatic rings. The van der Waals surface area contributed by atoms with Gasteiger partial charge in [-0.05, 0) is 85.7 Å². The molecule has 0 fully saturated rings. The number of ether oxygens (including phenoxy) is 1. The summed E-state index contributed by atoms with van der Waals surface area (Å²) >= 11 is 6.10. The van der Waals surface area contributed by atoms with E-state index in [1.54, 1.807) is 23.1 Å². The summed E-state index contributed by atoms with van der Waals surface area (Å²) in [5.74, 6) is 0.173. The van der Waals surface area contributed by atoms with Gasteiger partial charge in [0.15, 0.2) is 5.78 Å². The van der Waals surface area contributed by atoms with Crippen molar-refractivity contribution in [2.75, 3.05) is 4.90 Å². The summed E-state index contributed by atoms with van der Waals surface area (Å²) in [6.45, 7) is 6.18. The molecule has 9 heteroatoms. The monoisotopic (exact) mass is 568 g/mol. The second kappa shape index (κ2) is 11.1. The molecule has 3 aromatic rings. The number of nitrogens with zero attached hydrogens (tertiary/aromatic N) is 3. The third-order valence-corrected chi connectivity index (χ3v) is 8.00. The van der Waals surface area contributed by atoms with E-state index in [0.29, 0.717) is 41.2 Å². The van der Waals surface area contributed by atoms with E-state index in [1.165, 1.54) is 12.1 Å². The molecule has 2 N–H and O–H groups in total. The van der Waals surface area contributed by atoms with E-state index in [9.17, 15) is 20.2 Å². The lowest BCUT2D eigenvalue weighted by atomic mass is 9.74. The summed E-state index contributed by atoms with van der Waals surface area (Å²) in [7, 11) is 0. The molecule has 0 radical (unpaired) electrons. The lowest BCUT2D eigenvalue weighted by Gasteiger charge is -2.40. The van der Waals surface area contributed by atoms with Crippen LogP contribution in [0.2, 0.25) is 5.02 Å². The summed E-state index contributed by atoms with van der Waals surface area (Å²) < 4.78 is 6.15. The minimum atomic E-state index is -0.658. The normalized spacial score (nSPS) is 16.9. The van der Waals surface area contributed by atoms with Gasteiger partial charge in [0.05, 0.1) is 28.2 Å². The zero-order valence-corrected chi connectivity index (χ0v) is 23.8. The number of nitrogens with two attached hydrogens (primary N) is 1. The van der Waals surface area contributed by atoms with Crippen molar-refractivity contribution in [3.63, 3.8) is 0 Å². The van der Waals surface area contributed by atoms with Gasteiger partial charge in [-0.15, -0.1) is 0 Å². The number of aryl methyl sites for hydroxylation is 3. The first-order valence-corrected chi connectivity index (χ1v) is 13.7. The number of hydrogen-bond donors (Lipinski definition) is 1. The summed E-state index contributed by atoms with van der Waals surface area (Å²) in [5.41, 5.74) is 13.0. The van der Waals surface area contributed by atoms with Crippen molar-refractivity contribution in [3.05, 3.63) is 120 Å². The van der Waals surface area contributed by atoms with E-state index in [1.807, 2.05) is 45.0 Å². The number of anilines is 1. The van der Waals surface area contributed by atoms with Crippen LogP contribution < -0.4 is 15.4 Å². The van der Waals surface area contributed by atoms with Gasteiger partial charge in [0, 0.05) is 34.8 Å². The summed E-state index contributed by atoms with van der Waals surface area (Å²) in [4.78, 5) is 26.2. The van der Waals surface area contributed by atoms with E-state index >= 15 is 0 Å². The van der Waals surface area contributed by atoms with Gasteiger partial charge < -0.3 is 10.5 Å². The standard InChI is InChI=1S/C32H29ClN4O4/c1-18-12-19(2)25(14-21(18)17-41-29-11-10-22(33)13-20(29)3)30-26(16-34)32(35)36(27-8-5-9-28(38)31(27)30)23-6-4-7-24(15-23)37(39)40/h4,6-7,10-15,30H,5,8-9,17,35H2,1-3H3. The highest BCUT2D eigenvalue weighted by molar-refractivity contribution is 6.30. The molecule has 0 bridgehead atoms. The van der Waals surface area contributed by atoms with E-state index in [0.717, 1.165) is 33.6 Å². The third kappa shape index (κ3) is 5.17. The number of hydrogen-bond acceptors (Lipinski definition) is 7. The van der Waals surface area contributed by atoms with Gasteiger partial charge in [-0.2, -0.15) is 5.26 Å². The third-order valence-electron chi connectivity index (χ3n) is 7.77. The van der Waals surface area contributed by atoms with Gasteiger partial charge >= 0.3 is 0 Å². The highest BCUT2D eigenvalue weighted by Gasteiger charge is 2.41. The van der Waals surface area contributed by atoms with Crippen LogP contribution in [0.4, 0.5) is 11.4 Å². The minimum Gasteiger partial charge on any atom is -0.489 e. The molecule has 8 nitrogen and oxygen atoms in total. The Morgan fingerprint density at radius 1 is 1.10 bits per heavy atom. The Morgan fingerprint density at radius 2 is 1.88 bits per heavy atom. The van der Waals surface area contributed by atoms with Crippen LogP contribution in [0.1, 0.15) is 53.0 Å². The Hall–Kier alpha value is -4.61. The number of Topliss-reactive ketones (excluding diaryl/α,β-unsaturated/α-hetero) is 1. The number of non-ortho nitro benzene ring substituents is 1. The van der Waals surface area contributed by atoms with E-state index in [2.05, 4.69) is 6.07 Å². The van der Waals surface area contributed by atoms with Crippen LogP contribution in [-0.4, -0.2) is 10.7 Å². The second-order valence-corrected chi connectivity index (χ2v) is 10.9. The zero-order chi connectivity index (χ0) is 29.4. The average molecular weight is 569 g/mol. The molecule has 0 saturated heterocycles. The van der Waals surface area contributed by atoms with Crippen LogP contribution in [0.5, 0.6) is 5.75 Å². The number of halogens is 1. The summed E-state index contributed by atoms with van der Waals surface area (Å²) in [6, 6.07) is 17.8. The lowest BCUT2D eigenvalue weighted by Crippen LogP contribution is -2.39. The fourth-order valence-corrected chi connectivity index (χ4v) is 5.98. The molecule has 1 unspecified atom stereocenters. The van der Waals surface area contributed by atoms with Crippen molar-refractivity contribution in [2.24, 2.45) is 5.73 Å². The smallest absolute Gasteiger partial charge is 0.271 e. The quantitative estimate of drug-likeness (QED) is 0.249. The molecule has 0 saturated carbocycles. The van der Waals surface area contributed by atoms with Crippen LogP contribution in [0, 0.1) is 42.2 Å². The van der Waals surface area contributed by atoms with E-state index in [-0.39, 0.29) is 29.5 Å². The van der Waals surface area contributed by atoms with Gasteiger partial charge in [-0.3, -0.25) is 19.8 Å². The molecule has 208 valence electrons. The van der Waals surface area contributed by atoms with Crippen LogP contribution in [-0.2, 0) is 11.4 Å². The first kappa shape index (κ1) is 27.9. The predicted molar refractivity (Wildman–Crippen MR) is 157 cm³/mol. The maximum atomic E-state index is 13.6. The molecule has 3 aromatic carbocycles. The first-order valence-electron chi connectivity index (χ1n) is 13.3. The fraction of sp³-hybridized carbons (Fsp3) is 0.250. The molecule has 5 rings (SSSR count). The van der Waals surface area contributed by atoms with Crippen molar-refractivity contribution >= 4 is 28.8 Å². The number of nitro groups is 1. The maximum Gasteiger partial charge on any atom is 0.271 e. The number of nitro benzene ring substituents is 1. The Bertz CT molecular complexity index is 1700. The number of rotatable bonds is 6. The summed E-state index contributed by atoms with van der Waals surface area (Å²) in [5, 5.41) is 22.5. The van der Waals surface area contributed by atoms with Crippen LogP contribution >= 0.6 is 11.6 Å². The van der Waals surface area contributed by atoms with E-state index in [4.69, 9.17) is 22.1 Å². The lowest BCUT2D eigenvalue weighted by molar-refractivity contribution is -0.384. The number of allylic oxidation sites excluding steroid dienone is 3. The zero-order valence-electron chi connectivity index (χ0n) is 23.0. The molecular weight excluding hydrogens is 540 g/mol. The molecule has 0 amide bonds. The number of carbonyl (C=O) groups excluding carboxylic acids is 1. The first-order chi connectivity index (χ1) is 19.6. The molecule has 41 heavy (non-hydrogen) atoms. The largest absolute Gasteiger partial charge is 0.489 e. The molecule has 1 heterocycles. The number of benzene rings is 3. The fourth-order valence-electron chi connectivity index (χ4n) is 5.75. The van der Waals surface area contributed by atoms with Crippen LogP contribution in [0.25, 0.3) is 0 Å². The van der Waals surface area contributed by atoms with Crippen LogP contribution in [0.15, 0.2) is 77.3 Å². The molecule has 1 atom stereocenters. The Kier molecular flexibility index (Phi) is 7.57. The molecule has 0 aromatic heterocycles. The SMILES string of the molecule is Cc1cc(C)c(C2C(C#N)=C(N)N(c3cccc([N+](=O)[O-])c3)C3=C2C(=O)CCC3)cc1COc1ccc(Cl)cc1C. The van der Waals surface area contributed by atoms with Gasteiger partial charge in [0.25, 0.3) is 5.69 Å². The minimum absolute atomic E-state index is 0.0542. The maximum absolute atomic E-state index is 13.6. The van der Waals surface area contributed by atoms with Crippen molar-refractivity contribution in [2.45, 2.75) is 52.6 Å².